The van der Waals surface area contributed by atoms with Crippen LogP contribution in [0.25, 0.3) is 5.65 Å². The number of ether oxygens (including phenoxy) is 1. The highest BCUT2D eigenvalue weighted by Gasteiger charge is 2.28. The van der Waals surface area contributed by atoms with Crippen LogP contribution in [0.2, 0.25) is 0 Å². The number of hydrogen-bond donors (Lipinski definition) is 1. The van der Waals surface area contributed by atoms with Crippen LogP contribution in [0, 0.1) is 5.92 Å². The van der Waals surface area contributed by atoms with Crippen LogP contribution in [0.4, 0.5) is 20.3 Å². The summed E-state index contributed by atoms with van der Waals surface area (Å²) in [6.45, 7) is 7.56. The highest BCUT2D eigenvalue weighted by molar-refractivity contribution is 6.08. The normalized spacial score (nSPS) is 25.0. The maximum absolute atomic E-state index is 13.8. The van der Waals surface area contributed by atoms with Crippen molar-refractivity contribution in [2.75, 3.05) is 23.3 Å². The molecule has 0 spiro atoms. The smallest absolute Gasteiger partial charge is 0.284 e. The van der Waals surface area contributed by atoms with Gasteiger partial charge in [-0.15, -0.1) is 0 Å². The lowest BCUT2D eigenvalue weighted by Crippen LogP contribution is -2.45. The molecule has 1 aliphatic heterocycles. The Morgan fingerprint density at radius 1 is 1.19 bits per heavy atom. The van der Waals surface area contributed by atoms with Crippen molar-refractivity contribution >= 4 is 23.1 Å². The van der Waals surface area contributed by atoms with Crippen LogP contribution in [-0.2, 0) is 4.74 Å². The number of nitrogens with zero attached hydrogens (tertiary/aromatic N) is 6. The first kappa shape index (κ1) is 24.6. The van der Waals surface area contributed by atoms with E-state index in [1.807, 2.05) is 19.9 Å². The molecular formula is C25H33F2N7O2. The summed E-state index contributed by atoms with van der Waals surface area (Å²) in [4.78, 5) is 20.0. The molecule has 0 radical (unpaired) electrons. The summed E-state index contributed by atoms with van der Waals surface area (Å²) in [6.07, 6.45) is 7.05. The predicted molar refractivity (Wildman–Crippen MR) is 132 cm³/mol. The second-order valence-electron chi connectivity index (χ2n) is 10.0. The van der Waals surface area contributed by atoms with Gasteiger partial charge < -0.3 is 15.0 Å². The lowest BCUT2D eigenvalue weighted by molar-refractivity contribution is -0.00545. The molecule has 1 amide bonds. The molecule has 4 heterocycles. The molecule has 0 unspecified atom stereocenters. The lowest BCUT2D eigenvalue weighted by Gasteiger charge is -2.36. The molecule has 194 valence electrons. The van der Waals surface area contributed by atoms with Gasteiger partial charge in [0.25, 0.3) is 12.3 Å². The van der Waals surface area contributed by atoms with Gasteiger partial charge in [0.15, 0.2) is 11.3 Å². The summed E-state index contributed by atoms with van der Waals surface area (Å²) in [5.41, 5.74) is 0.185. The average Bonchev–Trinajstić information content (AvgIpc) is 3.47. The Hall–Kier alpha value is -3.08. The van der Waals surface area contributed by atoms with E-state index in [4.69, 9.17) is 4.74 Å². The largest absolute Gasteiger partial charge is 0.372 e. The maximum Gasteiger partial charge on any atom is 0.284 e. The van der Waals surface area contributed by atoms with Crippen LogP contribution < -0.4 is 10.2 Å². The quantitative estimate of drug-likeness (QED) is 0.518. The topological polar surface area (TPSA) is 89.6 Å². The van der Waals surface area contributed by atoms with E-state index in [1.54, 1.807) is 10.9 Å². The molecule has 1 saturated carbocycles. The number of nitrogens with one attached hydrogen (secondary N) is 1. The molecule has 1 N–H and O–H groups in total. The van der Waals surface area contributed by atoms with Gasteiger partial charge in [-0.1, -0.05) is 13.3 Å². The van der Waals surface area contributed by atoms with Gasteiger partial charge in [0.1, 0.15) is 11.4 Å². The molecule has 3 aromatic heterocycles. The highest BCUT2D eigenvalue weighted by atomic mass is 19.3. The Kier molecular flexibility index (Phi) is 6.92. The molecular weight excluding hydrogens is 468 g/mol. The van der Waals surface area contributed by atoms with Gasteiger partial charge >= 0.3 is 0 Å². The average molecular weight is 502 g/mol. The molecule has 11 heteroatoms. The number of alkyl halides is 2. The van der Waals surface area contributed by atoms with Gasteiger partial charge in [-0.25, -0.2) is 18.3 Å². The number of amides is 1. The summed E-state index contributed by atoms with van der Waals surface area (Å²) in [5.74, 6) is 0.847. The SMILES string of the molecule is CC[C@H]1CC[C@H](n2cc(NC(=O)c3cnn4ccc(N5C[C@@H](C)O[C@@H](C)C5)nc34)c(C(F)F)n2)CC1. The fourth-order valence-corrected chi connectivity index (χ4v) is 5.42. The van der Waals surface area contributed by atoms with Crippen LogP contribution in [-0.4, -0.2) is 55.6 Å². The Morgan fingerprint density at radius 3 is 2.58 bits per heavy atom. The molecule has 0 bridgehead atoms. The van der Waals surface area contributed by atoms with Gasteiger partial charge in [-0.3, -0.25) is 9.48 Å². The fraction of sp³-hybridized carbons (Fsp3) is 0.600. The second kappa shape index (κ2) is 10.1. The van der Waals surface area contributed by atoms with Crippen molar-refractivity contribution in [3.05, 3.63) is 35.9 Å². The molecule has 2 aliphatic rings. The molecule has 1 saturated heterocycles. The van der Waals surface area contributed by atoms with E-state index in [0.29, 0.717) is 30.5 Å². The summed E-state index contributed by atoms with van der Waals surface area (Å²) >= 11 is 0. The number of anilines is 2. The number of aromatic nitrogens is 5. The zero-order valence-electron chi connectivity index (χ0n) is 20.9. The minimum atomic E-state index is -2.80. The summed E-state index contributed by atoms with van der Waals surface area (Å²) < 4.78 is 36.6. The minimum absolute atomic E-state index is 0.0268. The Labute approximate surface area is 208 Å². The van der Waals surface area contributed by atoms with E-state index in [2.05, 4.69) is 32.3 Å². The molecule has 2 fully saturated rings. The standard InChI is InChI=1S/C25H33F2N7O2/c1-4-17-5-7-18(8-6-17)34-14-20(22(31-34)23(26)27)29-25(35)19-11-28-33-10-9-21(30-24(19)33)32-12-15(2)36-16(3)13-32/h9-11,14-18,23H,4-8,12-13H2,1-3H3,(H,29,35)/t15-,16+,17-,18-. The number of morpholine rings is 1. The van der Waals surface area contributed by atoms with Gasteiger partial charge in [0.05, 0.1) is 30.1 Å². The first-order valence-electron chi connectivity index (χ1n) is 12.8. The zero-order valence-corrected chi connectivity index (χ0v) is 20.9. The summed E-state index contributed by atoms with van der Waals surface area (Å²) in [6, 6.07) is 1.91. The summed E-state index contributed by atoms with van der Waals surface area (Å²) in [7, 11) is 0. The van der Waals surface area contributed by atoms with Crippen molar-refractivity contribution in [1.82, 2.24) is 24.4 Å². The third kappa shape index (κ3) is 4.93. The molecule has 5 rings (SSSR count). The van der Waals surface area contributed by atoms with Gasteiger partial charge in [0, 0.05) is 25.5 Å². The lowest BCUT2D eigenvalue weighted by atomic mass is 9.85. The molecule has 3 aromatic rings. The number of hydrogen-bond acceptors (Lipinski definition) is 6. The fourth-order valence-electron chi connectivity index (χ4n) is 5.42. The molecule has 2 atom stereocenters. The number of carbonyl (C=O) groups is 1. The Bertz CT molecular complexity index is 1210. The van der Waals surface area contributed by atoms with Crippen LogP contribution in [0.1, 0.15) is 81.4 Å². The van der Waals surface area contributed by atoms with Crippen molar-refractivity contribution in [1.29, 1.82) is 0 Å². The maximum atomic E-state index is 13.8. The first-order valence-corrected chi connectivity index (χ1v) is 12.8. The van der Waals surface area contributed by atoms with Crippen molar-refractivity contribution < 1.29 is 18.3 Å². The van der Waals surface area contributed by atoms with E-state index >= 15 is 0 Å². The van der Waals surface area contributed by atoms with Gasteiger partial charge in [0.2, 0.25) is 0 Å². The van der Waals surface area contributed by atoms with Crippen LogP contribution >= 0.6 is 0 Å². The van der Waals surface area contributed by atoms with E-state index < -0.39 is 18.0 Å². The van der Waals surface area contributed by atoms with Crippen molar-refractivity contribution in [2.24, 2.45) is 5.92 Å². The number of halogens is 2. The van der Waals surface area contributed by atoms with Gasteiger partial charge in [-0.2, -0.15) is 10.2 Å². The number of carbonyl (C=O) groups excluding carboxylic acids is 1. The number of rotatable bonds is 6. The van der Waals surface area contributed by atoms with Crippen LogP contribution in [0.3, 0.4) is 0 Å². The van der Waals surface area contributed by atoms with Gasteiger partial charge in [-0.05, 0) is 51.5 Å². The minimum Gasteiger partial charge on any atom is -0.372 e. The predicted octanol–water partition coefficient (Wildman–Crippen LogP) is 4.87. The second-order valence-corrected chi connectivity index (χ2v) is 10.0. The van der Waals surface area contributed by atoms with E-state index in [-0.39, 0.29) is 29.5 Å². The van der Waals surface area contributed by atoms with Crippen LogP contribution in [0.15, 0.2) is 24.7 Å². The Balaban J connectivity index is 1.38. The Morgan fingerprint density at radius 2 is 1.92 bits per heavy atom. The molecule has 9 nitrogen and oxygen atoms in total. The van der Waals surface area contributed by atoms with E-state index in [1.165, 1.54) is 16.9 Å². The van der Waals surface area contributed by atoms with E-state index in [9.17, 15) is 13.6 Å². The van der Waals surface area contributed by atoms with E-state index in [0.717, 1.165) is 32.1 Å². The molecule has 36 heavy (non-hydrogen) atoms. The van der Waals surface area contributed by atoms with Crippen molar-refractivity contribution in [2.45, 2.75) is 77.6 Å². The molecule has 1 aliphatic carbocycles. The molecule has 0 aromatic carbocycles. The number of fused-ring (bicyclic) bond motifs is 1. The summed E-state index contributed by atoms with van der Waals surface area (Å²) in [5, 5.41) is 11.0. The zero-order chi connectivity index (χ0) is 25.4. The third-order valence-corrected chi connectivity index (χ3v) is 7.33. The monoisotopic (exact) mass is 501 g/mol. The third-order valence-electron chi connectivity index (χ3n) is 7.33. The first-order chi connectivity index (χ1) is 17.3. The van der Waals surface area contributed by atoms with Crippen molar-refractivity contribution in [3.63, 3.8) is 0 Å². The highest BCUT2D eigenvalue weighted by Crippen LogP contribution is 2.36. The van der Waals surface area contributed by atoms with Crippen LogP contribution in [0.5, 0.6) is 0 Å². The van der Waals surface area contributed by atoms with Crippen molar-refractivity contribution in [3.8, 4) is 0 Å².